The lowest BCUT2D eigenvalue weighted by atomic mass is 9.98. The Bertz CT molecular complexity index is 549. The van der Waals surface area contributed by atoms with E-state index in [1.165, 1.54) is 4.72 Å². The van der Waals surface area contributed by atoms with E-state index in [-0.39, 0.29) is 0 Å². The van der Waals surface area contributed by atoms with Crippen LogP contribution in [0, 0.1) is 0 Å². The molecule has 120 valence electrons. The van der Waals surface area contributed by atoms with E-state index in [0.29, 0.717) is 0 Å². The lowest BCUT2D eigenvalue weighted by Gasteiger charge is -2.39. The predicted molar refractivity (Wildman–Crippen MR) is 58.9 cm³/mol. The molecular formula is C6H13NO11S2. The summed E-state index contributed by atoms with van der Waals surface area (Å²) in [5.41, 5.74) is 0. The van der Waals surface area contributed by atoms with Crippen molar-refractivity contribution in [2.45, 2.75) is 30.6 Å². The summed E-state index contributed by atoms with van der Waals surface area (Å²) in [4.78, 5) is 0. The van der Waals surface area contributed by atoms with Crippen LogP contribution in [-0.4, -0.2) is 78.5 Å². The minimum absolute atomic E-state index is 0.942. The summed E-state index contributed by atoms with van der Waals surface area (Å²) >= 11 is 0. The van der Waals surface area contributed by atoms with E-state index >= 15 is 0 Å². The van der Waals surface area contributed by atoms with Gasteiger partial charge in [-0.1, -0.05) is 0 Å². The van der Waals surface area contributed by atoms with E-state index in [0.717, 1.165) is 0 Å². The fourth-order valence-electron chi connectivity index (χ4n) is 1.53. The zero-order chi connectivity index (χ0) is 16.4. The maximum Gasteiger partial charge on any atom is 0.397 e. The standard InChI is InChI=1S/C6H13NO11S2/c8-4-2(1-17-20(14,15)16)18-6(10)3(5(4)9)7-19(11,12)13/h2-10H,1H2,(H,11,12,13)(H,14,15,16)/t2-,3-,4-,5-,6?/m1/s1/i/hD. The summed E-state index contributed by atoms with van der Waals surface area (Å²) in [6.45, 7) is -0.942. The van der Waals surface area contributed by atoms with Crippen LogP contribution in [0.2, 0.25) is 0 Å². The van der Waals surface area contributed by atoms with Crippen LogP contribution in [0.1, 0.15) is 0 Å². The highest BCUT2D eigenvalue weighted by Gasteiger charge is 2.45. The minimum atomic E-state index is -4.84. The third-order valence-corrected chi connectivity index (χ3v) is 3.38. The van der Waals surface area contributed by atoms with Crippen molar-refractivity contribution in [3.05, 3.63) is 0 Å². The summed E-state index contributed by atoms with van der Waals surface area (Å²) in [7, 11) is -9.46. The monoisotopic (exact) mass is 340 g/mol. The highest BCUT2D eigenvalue weighted by atomic mass is 32.3. The summed E-state index contributed by atoms with van der Waals surface area (Å²) in [6, 6.07) is -1.78. The van der Waals surface area contributed by atoms with Gasteiger partial charge in [-0.15, -0.1) is 0 Å². The molecule has 0 radical (unpaired) electrons. The van der Waals surface area contributed by atoms with E-state index in [2.05, 4.69) is 13.5 Å². The second-order valence-electron chi connectivity index (χ2n) is 3.86. The molecule has 12 nitrogen and oxygen atoms in total. The summed E-state index contributed by atoms with van der Waals surface area (Å²) in [6.07, 6.45) is -7.39. The van der Waals surface area contributed by atoms with E-state index in [9.17, 15) is 32.2 Å². The zero-order valence-electron chi connectivity index (χ0n) is 10.6. The second kappa shape index (κ2) is 6.14. The van der Waals surface area contributed by atoms with Gasteiger partial charge in [0.25, 0.3) is 0 Å². The second-order valence-corrected chi connectivity index (χ2v) is 6.09. The van der Waals surface area contributed by atoms with Crippen molar-refractivity contribution in [3.8, 4) is 0 Å². The molecule has 14 heteroatoms. The number of hydrogen-bond acceptors (Lipinski definition) is 10. The van der Waals surface area contributed by atoms with Crippen LogP contribution in [0.4, 0.5) is 0 Å². The van der Waals surface area contributed by atoms with Gasteiger partial charge in [0.1, 0.15) is 24.4 Å². The quantitative estimate of drug-likeness (QED) is 0.257. The van der Waals surface area contributed by atoms with Crippen LogP contribution in [0.15, 0.2) is 0 Å². The first kappa shape index (κ1) is 16.0. The first-order valence-electron chi connectivity index (χ1n) is 5.36. The molecular weight excluding hydrogens is 326 g/mol. The minimum Gasteiger partial charge on any atom is -0.388 e. The third-order valence-electron chi connectivity index (χ3n) is 2.38. The molecule has 1 saturated heterocycles. The predicted octanol–water partition coefficient (Wildman–Crippen LogP) is -3.99. The largest absolute Gasteiger partial charge is 0.397 e. The average molecular weight is 340 g/mol. The van der Waals surface area contributed by atoms with Gasteiger partial charge in [-0.05, 0) is 0 Å². The van der Waals surface area contributed by atoms with Crippen LogP contribution < -0.4 is 4.72 Å². The lowest BCUT2D eigenvalue weighted by molar-refractivity contribution is -0.250. The van der Waals surface area contributed by atoms with Crippen LogP contribution in [0.5, 0.6) is 0 Å². The van der Waals surface area contributed by atoms with Gasteiger partial charge >= 0.3 is 20.7 Å². The average Bonchev–Trinajstić information content (AvgIpc) is 2.36. The number of ether oxygens (including phenoxy) is 1. The van der Waals surface area contributed by atoms with Gasteiger partial charge in [-0.25, -0.2) is 4.18 Å². The molecule has 0 aliphatic carbocycles. The van der Waals surface area contributed by atoms with E-state index in [1.807, 2.05) is 0 Å². The Morgan fingerprint density at radius 2 is 1.80 bits per heavy atom. The fourth-order valence-corrected chi connectivity index (χ4v) is 2.43. The molecule has 0 amide bonds. The van der Waals surface area contributed by atoms with Crippen molar-refractivity contribution in [1.29, 1.82) is 1.43 Å². The molecule has 1 rings (SSSR count). The van der Waals surface area contributed by atoms with Gasteiger partial charge in [0.2, 0.25) is 1.43 Å². The first-order valence-corrected chi connectivity index (χ1v) is 7.73. The fraction of sp³-hybridized carbons (Fsp3) is 1.00. The van der Waals surface area contributed by atoms with Gasteiger partial charge in [-0.3, -0.25) is 9.11 Å². The van der Waals surface area contributed by atoms with Crippen molar-refractivity contribution in [3.63, 3.8) is 0 Å². The Morgan fingerprint density at radius 3 is 2.30 bits per heavy atom. The Labute approximate surface area is 115 Å². The van der Waals surface area contributed by atoms with Crippen molar-refractivity contribution >= 4 is 20.7 Å². The van der Waals surface area contributed by atoms with Crippen LogP contribution in [0.3, 0.4) is 0 Å². The van der Waals surface area contributed by atoms with E-state index in [1.54, 1.807) is 0 Å². The van der Waals surface area contributed by atoms with Crippen molar-refractivity contribution in [1.82, 2.24) is 4.72 Å². The molecule has 0 aromatic carbocycles. The first-order chi connectivity index (χ1) is 9.47. The topological polar surface area (TPSA) is 200 Å². The molecule has 1 unspecified atom stereocenters. The molecule has 0 spiro atoms. The van der Waals surface area contributed by atoms with E-state index < -0.39 is 58.0 Å². The molecule has 6 N–H and O–H groups in total. The van der Waals surface area contributed by atoms with Gasteiger partial charge in [-0.2, -0.15) is 21.6 Å². The Balaban J connectivity index is 2.77. The number of aliphatic hydroxyl groups excluding tert-OH is 3. The molecule has 5 atom stereocenters. The number of nitrogens with one attached hydrogen (secondary N) is 1. The molecule has 0 saturated carbocycles. The van der Waals surface area contributed by atoms with Crippen LogP contribution >= 0.6 is 0 Å². The molecule has 1 fully saturated rings. The van der Waals surface area contributed by atoms with Gasteiger partial charge in [0.15, 0.2) is 6.29 Å². The molecule has 1 aliphatic rings. The molecule has 0 aromatic heterocycles. The molecule has 0 bridgehead atoms. The number of hydrogen-bond donors (Lipinski definition) is 6. The Kier molecular flexibility index (Phi) is 4.90. The summed E-state index contributed by atoms with van der Waals surface area (Å²) < 4.78 is 70.8. The Hall–Kier alpha value is -0.420. The van der Waals surface area contributed by atoms with Gasteiger partial charge in [0.05, 0.1) is 6.61 Å². The molecule has 1 heterocycles. The smallest absolute Gasteiger partial charge is 0.388 e. The highest BCUT2D eigenvalue weighted by molar-refractivity contribution is 7.83. The summed E-state index contributed by atoms with van der Waals surface area (Å²) in [5.74, 6) is 0. The SMILES string of the molecule is [2H]OS(=O)(=O)N[C@H]1C(O)O[C@H](COS(=O)(=O)O)[C@@H](O)[C@@H]1O. The van der Waals surface area contributed by atoms with Crippen molar-refractivity contribution in [2.24, 2.45) is 0 Å². The number of aliphatic hydroxyl groups is 3. The number of rotatable bonds is 6. The van der Waals surface area contributed by atoms with Crippen molar-refractivity contribution < 1.29 is 50.2 Å². The van der Waals surface area contributed by atoms with Gasteiger partial charge < -0.3 is 20.1 Å². The normalized spacial score (nSPS) is 36.6. The summed E-state index contributed by atoms with van der Waals surface area (Å²) in [5, 5.41) is 28.8. The maximum atomic E-state index is 11.0. The molecule has 20 heavy (non-hydrogen) atoms. The maximum absolute atomic E-state index is 11.0. The zero-order valence-corrected chi connectivity index (χ0v) is 11.2. The van der Waals surface area contributed by atoms with Crippen LogP contribution in [-0.2, 0) is 29.6 Å². The van der Waals surface area contributed by atoms with Gasteiger partial charge in [0, 0.05) is 0 Å². The third kappa shape index (κ3) is 5.17. The highest BCUT2D eigenvalue weighted by Crippen LogP contribution is 2.21. The molecule has 0 aromatic rings. The molecule has 1 aliphatic heterocycles. The Morgan fingerprint density at radius 1 is 1.20 bits per heavy atom. The van der Waals surface area contributed by atoms with E-state index in [4.69, 9.17) is 5.98 Å². The lowest BCUT2D eigenvalue weighted by Crippen LogP contribution is -2.64. The van der Waals surface area contributed by atoms with Crippen molar-refractivity contribution in [2.75, 3.05) is 6.61 Å². The van der Waals surface area contributed by atoms with Crippen LogP contribution in [0.25, 0.3) is 1.43 Å².